The Morgan fingerprint density at radius 2 is 1.72 bits per heavy atom. The van der Waals surface area contributed by atoms with Crippen molar-refractivity contribution in [3.63, 3.8) is 0 Å². The first-order chi connectivity index (χ1) is 14.0. The van der Waals surface area contributed by atoms with Crippen molar-refractivity contribution in [2.75, 3.05) is 17.3 Å². The van der Waals surface area contributed by atoms with Gasteiger partial charge in [0.05, 0.1) is 11.3 Å². The third-order valence-electron chi connectivity index (χ3n) is 4.59. The lowest BCUT2D eigenvalue weighted by Gasteiger charge is -2.18. The van der Waals surface area contributed by atoms with Crippen LogP contribution in [0.25, 0.3) is 0 Å². The molecule has 0 atom stereocenters. The molecule has 0 radical (unpaired) electrons. The van der Waals surface area contributed by atoms with E-state index in [4.69, 9.17) is 0 Å². The van der Waals surface area contributed by atoms with E-state index in [2.05, 4.69) is 16.4 Å². The maximum absolute atomic E-state index is 12.5. The molecule has 1 heterocycles. The third kappa shape index (κ3) is 4.66. The van der Waals surface area contributed by atoms with Gasteiger partial charge in [-0.15, -0.1) is 0 Å². The summed E-state index contributed by atoms with van der Waals surface area (Å²) in [5, 5.41) is 12.5. The number of rotatable bonds is 6. The Labute approximate surface area is 169 Å². The molecule has 144 valence electrons. The fraction of sp³-hybridized carbons (Fsp3) is 0.130. The summed E-state index contributed by atoms with van der Waals surface area (Å²) >= 11 is 0. The SMILES string of the molecule is CC(=O)c1ccc(C#N)c(NCc2ccc(N(C)C(=O)c3ccncc3)cc2)c1. The van der Waals surface area contributed by atoms with Crippen molar-refractivity contribution in [1.29, 1.82) is 5.26 Å². The highest BCUT2D eigenvalue weighted by Crippen LogP contribution is 2.20. The Bertz CT molecular complexity index is 1070. The van der Waals surface area contributed by atoms with E-state index in [-0.39, 0.29) is 11.7 Å². The first-order valence-electron chi connectivity index (χ1n) is 9.05. The van der Waals surface area contributed by atoms with Crippen LogP contribution < -0.4 is 10.2 Å². The lowest BCUT2D eigenvalue weighted by molar-refractivity contribution is 0.0990. The number of nitrogens with zero attached hydrogens (tertiary/aromatic N) is 3. The van der Waals surface area contributed by atoms with Crippen LogP contribution in [0.2, 0.25) is 0 Å². The summed E-state index contributed by atoms with van der Waals surface area (Å²) in [6.45, 7) is 1.98. The van der Waals surface area contributed by atoms with E-state index in [1.165, 1.54) is 6.92 Å². The normalized spacial score (nSPS) is 10.1. The lowest BCUT2D eigenvalue weighted by atomic mass is 10.1. The molecule has 0 spiro atoms. The lowest BCUT2D eigenvalue weighted by Crippen LogP contribution is -2.26. The number of ketones is 1. The van der Waals surface area contributed by atoms with Gasteiger partial charge in [-0.25, -0.2) is 0 Å². The van der Waals surface area contributed by atoms with Crippen LogP contribution in [0.5, 0.6) is 0 Å². The monoisotopic (exact) mass is 384 g/mol. The quantitative estimate of drug-likeness (QED) is 0.648. The van der Waals surface area contributed by atoms with Gasteiger partial charge in [-0.3, -0.25) is 14.6 Å². The molecule has 1 aromatic heterocycles. The summed E-state index contributed by atoms with van der Waals surface area (Å²) in [5.74, 6) is -0.165. The highest BCUT2D eigenvalue weighted by atomic mass is 16.2. The molecule has 0 aliphatic carbocycles. The fourth-order valence-corrected chi connectivity index (χ4v) is 2.85. The van der Waals surface area contributed by atoms with Crippen LogP contribution in [-0.4, -0.2) is 23.7 Å². The van der Waals surface area contributed by atoms with Crippen molar-refractivity contribution in [2.24, 2.45) is 0 Å². The van der Waals surface area contributed by atoms with E-state index in [0.717, 1.165) is 11.3 Å². The molecule has 0 aliphatic rings. The number of hydrogen-bond acceptors (Lipinski definition) is 5. The Kier molecular flexibility index (Phi) is 6.00. The second-order valence-corrected chi connectivity index (χ2v) is 6.55. The van der Waals surface area contributed by atoms with Gasteiger partial charge in [0, 0.05) is 42.8 Å². The van der Waals surface area contributed by atoms with Crippen molar-refractivity contribution in [1.82, 2.24) is 4.98 Å². The third-order valence-corrected chi connectivity index (χ3v) is 4.59. The van der Waals surface area contributed by atoms with Crippen LogP contribution in [0.3, 0.4) is 0 Å². The highest BCUT2D eigenvalue weighted by molar-refractivity contribution is 6.05. The summed E-state index contributed by atoms with van der Waals surface area (Å²) in [6, 6.07) is 18.0. The Morgan fingerprint density at radius 1 is 1.03 bits per heavy atom. The van der Waals surface area contributed by atoms with Gasteiger partial charge >= 0.3 is 0 Å². The largest absolute Gasteiger partial charge is 0.380 e. The molecule has 0 bridgehead atoms. The molecule has 6 heteroatoms. The van der Waals surface area contributed by atoms with Crippen LogP contribution in [0.4, 0.5) is 11.4 Å². The molecule has 6 nitrogen and oxygen atoms in total. The Balaban J connectivity index is 1.70. The minimum absolute atomic E-state index is 0.0520. The van der Waals surface area contributed by atoms with Gasteiger partial charge in [0.1, 0.15) is 6.07 Å². The second-order valence-electron chi connectivity index (χ2n) is 6.55. The number of aromatic nitrogens is 1. The topological polar surface area (TPSA) is 86.1 Å². The van der Waals surface area contributed by atoms with Crippen molar-refractivity contribution < 1.29 is 9.59 Å². The summed E-state index contributed by atoms with van der Waals surface area (Å²) in [5.41, 5.74) is 3.98. The zero-order valence-electron chi connectivity index (χ0n) is 16.2. The smallest absolute Gasteiger partial charge is 0.258 e. The minimum atomic E-state index is -0.113. The molecule has 1 amide bonds. The van der Waals surface area contributed by atoms with Gasteiger partial charge in [-0.2, -0.15) is 5.26 Å². The zero-order chi connectivity index (χ0) is 20.8. The van der Waals surface area contributed by atoms with Crippen LogP contribution >= 0.6 is 0 Å². The minimum Gasteiger partial charge on any atom is -0.380 e. The van der Waals surface area contributed by atoms with Crippen LogP contribution in [-0.2, 0) is 6.54 Å². The van der Waals surface area contributed by atoms with Crippen molar-refractivity contribution in [3.05, 3.63) is 89.2 Å². The van der Waals surface area contributed by atoms with Gasteiger partial charge in [0.25, 0.3) is 5.91 Å². The zero-order valence-corrected chi connectivity index (χ0v) is 16.2. The maximum Gasteiger partial charge on any atom is 0.258 e. The molecule has 29 heavy (non-hydrogen) atoms. The molecule has 3 aromatic rings. The van der Waals surface area contributed by atoms with Crippen molar-refractivity contribution >= 4 is 23.1 Å². The molecular formula is C23H20N4O2. The van der Waals surface area contributed by atoms with Gasteiger partial charge in [0.2, 0.25) is 0 Å². The molecule has 0 aliphatic heterocycles. The molecule has 0 unspecified atom stereocenters. The number of benzene rings is 2. The number of amides is 1. The summed E-state index contributed by atoms with van der Waals surface area (Å²) in [6.07, 6.45) is 3.18. The predicted octanol–water partition coefficient (Wildman–Crippen LogP) is 4.04. The van der Waals surface area contributed by atoms with E-state index in [0.29, 0.717) is 28.9 Å². The molecule has 0 fully saturated rings. The van der Waals surface area contributed by atoms with Gasteiger partial charge < -0.3 is 10.2 Å². The summed E-state index contributed by atoms with van der Waals surface area (Å²) < 4.78 is 0. The number of nitriles is 1. The van der Waals surface area contributed by atoms with Crippen molar-refractivity contribution in [3.8, 4) is 6.07 Å². The number of hydrogen-bond donors (Lipinski definition) is 1. The maximum atomic E-state index is 12.5. The number of carbonyl (C=O) groups is 2. The molecule has 3 rings (SSSR count). The van der Waals surface area contributed by atoms with E-state index in [1.807, 2.05) is 24.3 Å². The molecular weight excluding hydrogens is 364 g/mol. The standard InChI is InChI=1S/C23H20N4O2/c1-16(28)19-5-6-20(14-24)22(13-19)26-15-17-3-7-21(8-4-17)27(2)23(29)18-9-11-25-12-10-18/h3-13,26H,15H2,1-2H3. The molecule has 0 saturated carbocycles. The number of anilines is 2. The first-order valence-corrected chi connectivity index (χ1v) is 9.05. The van der Waals surface area contributed by atoms with Crippen LogP contribution in [0.1, 0.15) is 38.8 Å². The summed E-state index contributed by atoms with van der Waals surface area (Å²) in [7, 11) is 1.72. The number of nitrogens with one attached hydrogen (secondary N) is 1. The van der Waals surface area contributed by atoms with E-state index in [9.17, 15) is 14.9 Å². The van der Waals surface area contributed by atoms with Gasteiger partial charge in [-0.05, 0) is 55.0 Å². The van der Waals surface area contributed by atoms with Crippen molar-refractivity contribution in [2.45, 2.75) is 13.5 Å². The average molecular weight is 384 g/mol. The van der Waals surface area contributed by atoms with E-state index >= 15 is 0 Å². The average Bonchev–Trinajstić information content (AvgIpc) is 2.77. The number of pyridine rings is 1. The number of carbonyl (C=O) groups excluding carboxylic acids is 2. The second kappa shape index (κ2) is 8.81. The van der Waals surface area contributed by atoms with Crippen LogP contribution in [0.15, 0.2) is 67.0 Å². The highest BCUT2D eigenvalue weighted by Gasteiger charge is 2.13. The van der Waals surface area contributed by atoms with Gasteiger partial charge in [-0.1, -0.05) is 12.1 Å². The van der Waals surface area contributed by atoms with Crippen LogP contribution in [0, 0.1) is 11.3 Å². The molecule has 1 N–H and O–H groups in total. The fourth-order valence-electron chi connectivity index (χ4n) is 2.85. The predicted molar refractivity (Wildman–Crippen MR) is 112 cm³/mol. The molecule has 2 aromatic carbocycles. The molecule has 0 saturated heterocycles. The van der Waals surface area contributed by atoms with Gasteiger partial charge in [0.15, 0.2) is 5.78 Å². The summed E-state index contributed by atoms with van der Waals surface area (Å²) in [4.78, 5) is 29.6. The van der Waals surface area contributed by atoms with E-state index < -0.39 is 0 Å². The van der Waals surface area contributed by atoms with E-state index in [1.54, 1.807) is 54.7 Å². The first kappa shape index (κ1) is 19.8. The Morgan fingerprint density at radius 3 is 2.34 bits per heavy atom. The Hall–Kier alpha value is -3.98. The number of Topliss-reactive ketones (excluding diaryl/α,β-unsaturated/α-hetero) is 1.